The van der Waals surface area contributed by atoms with E-state index < -0.39 is 15.4 Å². The number of hydrazine groups is 1. The predicted molar refractivity (Wildman–Crippen MR) is 50.2 cm³/mol. The molecule has 0 radical (unpaired) electrons. The Labute approximate surface area is 78.9 Å². The number of sulfonamides is 1. The van der Waals surface area contributed by atoms with E-state index in [0.29, 0.717) is 0 Å². The van der Waals surface area contributed by atoms with Gasteiger partial charge >= 0.3 is 0 Å². The molecule has 0 aromatic heterocycles. The third kappa shape index (κ3) is 4.84. The van der Waals surface area contributed by atoms with Crippen LogP contribution in [0.2, 0.25) is 0 Å². The van der Waals surface area contributed by atoms with Crippen LogP contribution in [0.25, 0.3) is 0 Å². The van der Waals surface area contributed by atoms with Gasteiger partial charge in [0.25, 0.3) is 0 Å². The molecule has 1 amide bonds. The maximum atomic E-state index is 11.2. The number of hydrogen-bond acceptors (Lipinski definition) is 3. The lowest BCUT2D eigenvalue weighted by atomic mass is 9.96. The Morgan fingerprint density at radius 3 is 2.08 bits per heavy atom. The Balaban J connectivity index is 4.14. The summed E-state index contributed by atoms with van der Waals surface area (Å²) in [6.07, 6.45) is 0. The van der Waals surface area contributed by atoms with Gasteiger partial charge in [0.2, 0.25) is 15.9 Å². The molecule has 0 rings (SSSR count). The largest absolute Gasteiger partial charge is 0.277 e. The lowest BCUT2D eigenvalue weighted by molar-refractivity contribution is -0.129. The summed E-state index contributed by atoms with van der Waals surface area (Å²) in [6, 6.07) is 0. The van der Waals surface area contributed by atoms with Gasteiger partial charge in [-0.05, 0) is 6.92 Å². The van der Waals surface area contributed by atoms with Gasteiger partial charge in [0.05, 0.1) is 5.75 Å². The van der Waals surface area contributed by atoms with Crippen molar-refractivity contribution in [3.05, 3.63) is 0 Å². The summed E-state index contributed by atoms with van der Waals surface area (Å²) in [6.45, 7) is 6.58. The van der Waals surface area contributed by atoms with Gasteiger partial charge in [-0.2, -0.15) is 0 Å². The van der Waals surface area contributed by atoms with Crippen molar-refractivity contribution in [3.8, 4) is 0 Å². The minimum Gasteiger partial charge on any atom is -0.277 e. The Morgan fingerprint density at radius 1 is 1.31 bits per heavy atom. The van der Waals surface area contributed by atoms with E-state index in [1.165, 1.54) is 6.92 Å². The Hall–Kier alpha value is -0.620. The Bertz CT molecular complexity index is 277. The lowest BCUT2D eigenvalue weighted by Crippen LogP contribution is -2.47. The first-order chi connectivity index (χ1) is 5.69. The summed E-state index contributed by atoms with van der Waals surface area (Å²) in [5.41, 5.74) is 1.54. The lowest BCUT2D eigenvalue weighted by Gasteiger charge is -2.17. The van der Waals surface area contributed by atoms with Crippen LogP contribution >= 0.6 is 0 Å². The van der Waals surface area contributed by atoms with Crippen molar-refractivity contribution in [2.75, 3.05) is 5.75 Å². The van der Waals surface area contributed by atoms with E-state index in [-0.39, 0.29) is 11.7 Å². The second-order valence-corrected chi connectivity index (χ2v) is 5.72. The Morgan fingerprint density at radius 2 is 1.77 bits per heavy atom. The molecule has 2 N–H and O–H groups in total. The second kappa shape index (κ2) is 4.06. The van der Waals surface area contributed by atoms with Crippen LogP contribution in [-0.4, -0.2) is 20.1 Å². The van der Waals surface area contributed by atoms with Crippen LogP contribution in [0.3, 0.4) is 0 Å². The molecule has 0 spiro atoms. The number of amides is 1. The van der Waals surface area contributed by atoms with Crippen LogP contribution in [0.4, 0.5) is 0 Å². The molecule has 0 saturated heterocycles. The molecule has 0 bridgehead atoms. The zero-order valence-electron chi connectivity index (χ0n) is 8.34. The highest BCUT2D eigenvalue weighted by Gasteiger charge is 2.22. The second-order valence-electron chi connectivity index (χ2n) is 3.71. The average molecular weight is 208 g/mol. The molecule has 5 nitrogen and oxygen atoms in total. The molecular weight excluding hydrogens is 192 g/mol. The number of nitrogens with one attached hydrogen (secondary N) is 2. The molecule has 0 aliphatic heterocycles. The quantitative estimate of drug-likeness (QED) is 0.641. The van der Waals surface area contributed by atoms with Crippen LogP contribution < -0.4 is 10.3 Å². The molecule has 0 aromatic rings. The number of rotatable bonds is 3. The summed E-state index contributed by atoms with van der Waals surface area (Å²) in [5, 5.41) is 0. The van der Waals surface area contributed by atoms with Crippen molar-refractivity contribution < 1.29 is 13.2 Å². The monoisotopic (exact) mass is 208 g/mol. The first-order valence-electron chi connectivity index (χ1n) is 3.99. The highest BCUT2D eigenvalue weighted by molar-refractivity contribution is 7.89. The van der Waals surface area contributed by atoms with Gasteiger partial charge in [-0.25, -0.2) is 8.42 Å². The number of carbonyl (C=O) groups is 1. The fourth-order valence-corrected chi connectivity index (χ4v) is 0.776. The van der Waals surface area contributed by atoms with Gasteiger partial charge in [0, 0.05) is 5.41 Å². The van der Waals surface area contributed by atoms with Crippen LogP contribution in [0.5, 0.6) is 0 Å². The van der Waals surface area contributed by atoms with Crippen LogP contribution in [0, 0.1) is 5.41 Å². The van der Waals surface area contributed by atoms with Crippen molar-refractivity contribution >= 4 is 15.9 Å². The average Bonchev–Trinajstić information content (AvgIpc) is 1.98. The minimum absolute atomic E-state index is 0.0581. The first kappa shape index (κ1) is 12.4. The molecule has 0 aliphatic rings. The van der Waals surface area contributed by atoms with Gasteiger partial charge in [0.15, 0.2) is 0 Å². The number of hydrogen-bond donors (Lipinski definition) is 2. The van der Waals surface area contributed by atoms with E-state index in [1.54, 1.807) is 20.8 Å². The maximum Gasteiger partial charge on any atom is 0.240 e. The highest BCUT2D eigenvalue weighted by atomic mass is 32.2. The standard InChI is InChI=1S/C7H16N2O3S/c1-5-13(11,12)9-8-6(10)7(2,3)4/h9H,5H2,1-4H3,(H,8,10). The van der Waals surface area contributed by atoms with Gasteiger partial charge in [-0.1, -0.05) is 20.8 Å². The zero-order chi connectivity index (χ0) is 10.7. The van der Waals surface area contributed by atoms with Crippen LogP contribution in [-0.2, 0) is 14.8 Å². The molecule has 78 valence electrons. The zero-order valence-corrected chi connectivity index (χ0v) is 9.16. The van der Waals surface area contributed by atoms with E-state index in [0.717, 1.165) is 0 Å². The van der Waals surface area contributed by atoms with E-state index in [9.17, 15) is 13.2 Å². The fraction of sp³-hybridized carbons (Fsp3) is 0.857. The molecule has 6 heteroatoms. The number of carbonyl (C=O) groups excluding carboxylic acids is 1. The topological polar surface area (TPSA) is 75.3 Å². The maximum absolute atomic E-state index is 11.2. The van der Waals surface area contributed by atoms with Gasteiger partial charge in [0.1, 0.15) is 0 Å². The summed E-state index contributed by atoms with van der Waals surface area (Å²) in [4.78, 5) is 13.2. The molecule has 0 saturated carbocycles. The molecular formula is C7H16N2O3S. The van der Waals surface area contributed by atoms with Gasteiger partial charge in [-0.15, -0.1) is 4.83 Å². The summed E-state index contributed by atoms with van der Waals surface area (Å²) in [7, 11) is -3.36. The van der Waals surface area contributed by atoms with Crippen molar-refractivity contribution in [1.82, 2.24) is 10.3 Å². The third-order valence-corrected chi connectivity index (χ3v) is 2.55. The normalized spacial score (nSPS) is 12.6. The molecule has 0 aromatic carbocycles. The van der Waals surface area contributed by atoms with Crippen molar-refractivity contribution in [1.29, 1.82) is 0 Å². The fourth-order valence-electron chi connectivity index (χ4n) is 0.384. The van der Waals surface area contributed by atoms with E-state index in [2.05, 4.69) is 5.43 Å². The predicted octanol–water partition coefficient (Wildman–Crippen LogP) is 0.00300. The molecule has 0 atom stereocenters. The van der Waals surface area contributed by atoms with Gasteiger partial charge < -0.3 is 0 Å². The SMILES string of the molecule is CCS(=O)(=O)NNC(=O)C(C)(C)C. The minimum atomic E-state index is -3.36. The Kier molecular flexibility index (Phi) is 3.87. The van der Waals surface area contributed by atoms with E-state index >= 15 is 0 Å². The van der Waals surface area contributed by atoms with E-state index in [1.807, 2.05) is 4.83 Å². The molecule has 0 unspecified atom stereocenters. The van der Waals surface area contributed by atoms with Crippen molar-refractivity contribution in [2.24, 2.45) is 5.41 Å². The molecule has 0 heterocycles. The molecule has 13 heavy (non-hydrogen) atoms. The molecule has 0 aliphatic carbocycles. The van der Waals surface area contributed by atoms with Crippen LogP contribution in [0.1, 0.15) is 27.7 Å². The third-order valence-electron chi connectivity index (χ3n) is 1.38. The summed E-state index contributed by atoms with van der Waals surface area (Å²) in [5.74, 6) is -0.415. The summed E-state index contributed by atoms with van der Waals surface area (Å²) >= 11 is 0. The van der Waals surface area contributed by atoms with Crippen molar-refractivity contribution in [2.45, 2.75) is 27.7 Å². The van der Waals surface area contributed by atoms with Crippen LogP contribution in [0.15, 0.2) is 0 Å². The van der Waals surface area contributed by atoms with E-state index in [4.69, 9.17) is 0 Å². The molecule has 0 fully saturated rings. The summed E-state index contributed by atoms with van der Waals surface area (Å²) < 4.78 is 21.8. The smallest absolute Gasteiger partial charge is 0.240 e. The van der Waals surface area contributed by atoms with Gasteiger partial charge in [-0.3, -0.25) is 10.2 Å². The highest BCUT2D eigenvalue weighted by Crippen LogP contribution is 2.11. The van der Waals surface area contributed by atoms with Crippen molar-refractivity contribution in [3.63, 3.8) is 0 Å². The first-order valence-corrected chi connectivity index (χ1v) is 5.64.